The molecule has 1 aromatic carbocycles. The van der Waals surface area contributed by atoms with Gasteiger partial charge in [-0.25, -0.2) is 4.79 Å². The number of para-hydroxylation sites is 1. The first kappa shape index (κ1) is 18.2. The zero-order valence-corrected chi connectivity index (χ0v) is 12.8. The van der Waals surface area contributed by atoms with Crippen molar-refractivity contribution in [2.75, 3.05) is 11.9 Å². The van der Waals surface area contributed by atoms with E-state index in [1.807, 2.05) is 0 Å². The fourth-order valence-electron chi connectivity index (χ4n) is 1.84. The van der Waals surface area contributed by atoms with Gasteiger partial charge in [-0.1, -0.05) is 18.2 Å². The Kier molecular flexibility index (Phi) is 5.89. The molecule has 0 spiro atoms. The standard InChI is InChI=1S/C17H13F3N2O3/c18-17(19,20)13-6-1-2-7-14(13)22-15(23)11-25-16(24)9-8-12-5-3-4-10-21-12/h1-10H,11H2,(H,22,23). The van der Waals surface area contributed by atoms with Crippen molar-refractivity contribution in [3.8, 4) is 0 Å². The number of alkyl halides is 3. The van der Waals surface area contributed by atoms with E-state index >= 15 is 0 Å². The van der Waals surface area contributed by atoms with Crippen LogP contribution in [0.5, 0.6) is 0 Å². The molecule has 0 aliphatic rings. The molecule has 1 amide bonds. The maximum absolute atomic E-state index is 12.8. The molecular formula is C17H13F3N2O3. The van der Waals surface area contributed by atoms with Crippen LogP contribution < -0.4 is 5.32 Å². The van der Waals surface area contributed by atoms with Crippen molar-refractivity contribution in [3.05, 3.63) is 66.0 Å². The number of ether oxygens (including phenoxy) is 1. The number of carbonyl (C=O) groups is 2. The Hall–Kier alpha value is -3.16. The Morgan fingerprint density at radius 3 is 2.52 bits per heavy atom. The number of rotatable bonds is 5. The van der Waals surface area contributed by atoms with Crippen LogP contribution in [0.25, 0.3) is 6.08 Å². The molecule has 2 rings (SSSR count). The molecule has 5 nitrogen and oxygen atoms in total. The van der Waals surface area contributed by atoms with Gasteiger partial charge in [0.25, 0.3) is 5.91 Å². The molecule has 130 valence electrons. The number of hydrogen-bond donors (Lipinski definition) is 1. The highest BCUT2D eigenvalue weighted by molar-refractivity contribution is 5.95. The normalized spacial score (nSPS) is 11.3. The molecule has 0 fully saturated rings. The average Bonchev–Trinajstić information content (AvgIpc) is 2.58. The van der Waals surface area contributed by atoms with Crippen LogP contribution in [0.15, 0.2) is 54.7 Å². The van der Waals surface area contributed by atoms with Crippen molar-refractivity contribution in [2.24, 2.45) is 0 Å². The SMILES string of the molecule is O=C(COC(=O)C=Cc1ccccn1)Nc1ccccc1C(F)(F)F. The highest BCUT2D eigenvalue weighted by Crippen LogP contribution is 2.34. The van der Waals surface area contributed by atoms with Crippen molar-refractivity contribution >= 4 is 23.6 Å². The van der Waals surface area contributed by atoms with Crippen molar-refractivity contribution in [2.45, 2.75) is 6.18 Å². The van der Waals surface area contributed by atoms with Crippen LogP contribution in [0, 0.1) is 0 Å². The monoisotopic (exact) mass is 350 g/mol. The molecule has 0 saturated carbocycles. The van der Waals surface area contributed by atoms with Crippen LogP contribution in [0.3, 0.4) is 0 Å². The van der Waals surface area contributed by atoms with Gasteiger partial charge < -0.3 is 10.1 Å². The summed E-state index contributed by atoms with van der Waals surface area (Å²) < 4.78 is 43.1. The van der Waals surface area contributed by atoms with E-state index in [1.54, 1.807) is 18.2 Å². The van der Waals surface area contributed by atoms with Gasteiger partial charge in [-0.3, -0.25) is 9.78 Å². The van der Waals surface area contributed by atoms with Gasteiger partial charge >= 0.3 is 12.1 Å². The lowest BCUT2D eigenvalue weighted by molar-refractivity contribution is -0.142. The number of anilines is 1. The van der Waals surface area contributed by atoms with Gasteiger partial charge in [0.1, 0.15) is 0 Å². The van der Waals surface area contributed by atoms with Crippen LogP contribution in [0.2, 0.25) is 0 Å². The Morgan fingerprint density at radius 2 is 1.84 bits per heavy atom. The van der Waals surface area contributed by atoms with Crippen molar-refractivity contribution in [3.63, 3.8) is 0 Å². The second kappa shape index (κ2) is 8.09. The third-order valence-electron chi connectivity index (χ3n) is 2.93. The third-order valence-corrected chi connectivity index (χ3v) is 2.93. The van der Waals surface area contributed by atoms with Gasteiger partial charge in [0.05, 0.1) is 16.9 Å². The van der Waals surface area contributed by atoms with Gasteiger partial charge in [0.2, 0.25) is 0 Å². The summed E-state index contributed by atoms with van der Waals surface area (Å²) in [5, 5.41) is 2.07. The predicted octanol–water partition coefficient (Wildman–Crippen LogP) is 3.30. The summed E-state index contributed by atoms with van der Waals surface area (Å²) >= 11 is 0. The Labute approximate surface area is 141 Å². The summed E-state index contributed by atoms with van der Waals surface area (Å²) in [6.07, 6.45) is -0.610. The number of nitrogens with zero attached hydrogens (tertiary/aromatic N) is 1. The first-order valence-electron chi connectivity index (χ1n) is 7.08. The number of hydrogen-bond acceptors (Lipinski definition) is 4. The van der Waals surface area contributed by atoms with E-state index < -0.39 is 35.9 Å². The zero-order chi connectivity index (χ0) is 18.3. The van der Waals surface area contributed by atoms with Crippen molar-refractivity contribution in [1.82, 2.24) is 4.98 Å². The summed E-state index contributed by atoms with van der Waals surface area (Å²) in [6.45, 7) is -0.711. The zero-order valence-electron chi connectivity index (χ0n) is 12.8. The molecule has 0 unspecified atom stereocenters. The van der Waals surface area contributed by atoms with E-state index in [0.717, 1.165) is 18.2 Å². The van der Waals surface area contributed by atoms with Gasteiger partial charge in [0.15, 0.2) is 6.61 Å². The summed E-state index contributed by atoms with van der Waals surface area (Å²) in [6, 6.07) is 9.61. The van der Waals surface area contributed by atoms with E-state index in [1.165, 1.54) is 24.4 Å². The molecular weight excluding hydrogens is 337 g/mol. The molecule has 1 aromatic heterocycles. The van der Waals surface area contributed by atoms with E-state index in [2.05, 4.69) is 15.0 Å². The fourth-order valence-corrected chi connectivity index (χ4v) is 1.84. The molecule has 8 heteroatoms. The van der Waals surface area contributed by atoms with Crippen LogP contribution in [-0.2, 0) is 20.5 Å². The van der Waals surface area contributed by atoms with E-state index in [9.17, 15) is 22.8 Å². The maximum Gasteiger partial charge on any atom is 0.418 e. The highest BCUT2D eigenvalue weighted by Gasteiger charge is 2.33. The number of amides is 1. The largest absolute Gasteiger partial charge is 0.452 e. The topological polar surface area (TPSA) is 68.3 Å². The van der Waals surface area contributed by atoms with Gasteiger partial charge in [-0.05, 0) is 30.3 Å². The molecule has 0 radical (unpaired) electrons. The summed E-state index contributed by atoms with van der Waals surface area (Å²) in [5.74, 6) is -1.69. The number of benzene rings is 1. The molecule has 25 heavy (non-hydrogen) atoms. The highest BCUT2D eigenvalue weighted by atomic mass is 19.4. The predicted molar refractivity (Wildman–Crippen MR) is 84.3 cm³/mol. The first-order valence-corrected chi connectivity index (χ1v) is 7.08. The quantitative estimate of drug-likeness (QED) is 0.664. The van der Waals surface area contributed by atoms with Crippen molar-refractivity contribution < 1.29 is 27.5 Å². The number of esters is 1. The molecule has 2 aromatic rings. The van der Waals surface area contributed by atoms with Crippen LogP contribution >= 0.6 is 0 Å². The van der Waals surface area contributed by atoms with Gasteiger partial charge in [-0.15, -0.1) is 0 Å². The lowest BCUT2D eigenvalue weighted by atomic mass is 10.1. The maximum atomic E-state index is 12.8. The Balaban J connectivity index is 1.89. The molecule has 0 saturated heterocycles. The lowest BCUT2D eigenvalue weighted by Gasteiger charge is -2.13. The molecule has 0 aliphatic carbocycles. The average molecular weight is 350 g/mol. The number of carbonyl (C=O) groups excluding carboxylic acids is 2. The second-order valence-corrected chi connectivity index (χ2v) is 4.79. The Morgan fingerprint density at radius 1 is 1.12 bits per heavy atom. The minimum Gasteiger partial charge on any atom is -0.452 e. The summed E-state index contributed by atoms with van der Waals surface area (Å²) in [7, 11) is 0. The minimum atomic E-state index is -4.61. The number of halogens is 3. The van der Waals surface area contributed by atoms with E-state index in [-0.39, 0.29) is 0 Å². The molecule has 1 N–H and O–H groups in total. The summed E-state index contributed by atoms with van der Waals surface area (Å²) in [4.78, 5) is 27.1. The van der Waals surface area contributed by atoms with E-state index in [0.29, 0.717) is 5.69 Å². The fraction of sp³-hybridized carbons (Fsp3) is 0.118. The number of pyridine rings is 1. The minimum absolute atomic E-state index is 0.403. The van der Waals surface area contributed by atoms with Gasteiger partial charge in [0, 0.05) is 12.3 Å². The van der Waals surface area contributed by atoms with Crippen molar-refractivity contribution in [1.29, 1.82) is 0 Å². The summed E-state index contributed by atoms with van der Waals surface area (Å²) in [5.41, 5.74) is -0.868. The van der Waals surface area contributed by atoms with E-state index in [4.69, 9.17) is 0 Å². The smallest absolute Gasteiger partial charge is 0.418 e. The molecule has 0 bridgehead atoms. The van der Waals surface area contributed by atoms with Crippen LogP contribution in [0.1, 0.15) is 11.3 Å². The Bertz CT molecular complexity index is 774. The van der Waals surface area contributed by atoms with Crippen LogP contribution in [0.4, 0.5) is 18.9 Å². The van der Waals surface area contributed by atoms with Gasteiger partial charge in [-0.2, -0.15) is 13.2 Å². The molecule has 1 heterocycles. The third kappa shape index (κ3) is 5.76. The second-order valence-electron chi connectivity index (χ2n) is 4.79. The van der Waals surface area contributed by atoms with Crippen LogP contribution in [-0.4, -0.2) is 23.5 Å². The first-order chi connectivity index (χ1) is 11.9. The molecule has 0 atom stereocenters. The number of aromatic nitrogens is 1. The molecule has 0 aliphatic heterocycles. The lowest BCUT2D eigenvalue weighted by Crippen LogP contribution is -2.22. The number of nitrogens with one attached hydrogen (secondary N) is 1.